The van der Waals surface area contributed by atoms with Gasteiger partial charge in [0.25, 0.3) is 0 Å². The summed E-state index contributed by atoms with van der Waals surface area (Å²) in [6.45, 7) is 3.95. The second-order valence-electron chi connectivity index (χ2n) is 7.06. The van der Waals surface area contributed by atoms with E-state index in [0.29, 0.717) is 23.7 Å². The maximum atomic E-state index is 13.1. The van der Waals surface area contributed by atoms with Crippen LogP contribution in [0, 0.1) is 0 Å². The molecule has 3 aromatic carbocycles. The number of para-hydroxylation sites is 1. The van der Waals surface area contributed by atoms with Crippen molar-refractivity contribution in [3.05, 3.63) is 78.9 Å². The summed E-state index contributed by atoms with van der Waals surface area (Å²) in [6.07, 6.45) is 1.09. The average Bonchev–Trinajstić information content (AvgIpc) is 2.76. The molecule has 0 bridgehead atoms. The van der Waals surface area contributed by atoms with E-state index in [4.69, 9.17) is 4.74 Å². The molecular formula is C24H26N2O4S2. The summed E-state index contributed by atoms with van der Waals surface area (Å²) in [5.41, 5.74) is 1.02. The third-order valence-electron chi connectivity index (χ3n) is 4.61. The Bertz CT molecular complexity index is 1150. The van der Waals surface area contributed by atoms with Gasteiger partial charge in [0, 0.05) is 9.79 Å². The number of hydrogen-bond donors (Lipinski definition) is 1. The molecule has 0 radical (unpaired) electrons. The summed E-state index contributed by atoms with van der Waals surface area (Å²) < 4.78 is 31.7. The Morgan fingerprint density at radius 1 is 1.00 bits per heavy atom. The Labute approximate surface area is 193 Å². The van der Waals surface area contributed by atoms with Gasteiger partial charge in [-0.1, -0.05) is 42.1 Å². The molecule has 0 aromatic heterocycles. The van der Waals surface area contributed by atoms with Crippen LogP contribution in [0.3, 0.4) is 0 Å². The molecule has 1 amide bonds. The molecule has 0 unspecified atom stereocenters. The van der Waals surface area contributed by atoms with Crippen LogP contribution in [0.25, 0.3) is 0 Å². The van der Waals surface area contributed by atoms with Crippen LogP contribution in [-0.2, 0) is 14.8 Å². The molecule has 0 aliphatic rings. The summed E-state index contributed by atoms with van der Waals surface area (Å²) >= 11 is 1.52. The van der Waals surface area contributed by atoms with E-state index in [1.165, 1.54) is 11.8 Å². The molecule has 32 heavy (non-hydrogen) atoms. The summed E-state index contributed by atoms with van der Waals surface area (Å²) in [5.74, 6) is 0.207. The zero-order chi connectivity index (χ0) is 23.1. The molecule has 3 aromatic rings. The highest BCUT2D eigenvalue weighted by molar-refractivity contribution is 7.99. The molecule has 0 aliphatic carbocycles. The van der Waals surface area contributed by atoms with Crippen molar-refractivity contribution in [3.8, 4) is 5.75 Å². The van der Waals surface area contributed by atoms with Crippen molar-refractivity contribution < 1.29 is 17.9 Å². The van der Waals surface area contributed by atoms with Crippen molar-refractivity contribution in [2.45, 2.75) is 29.7 Å². The summed E-state index contributed by atoms with van der Waals surface area (Å²) in [6, 6.07) is 23.0. The van der Waals surface area contributed by atoms with Crippen LogP contribution in [-0.4, -0.2) is 33.2 Å². The predicted octanol–water partition coefficient (Wildman–Crippen LogP) is 5.03. The third-order valence-corrected chi connectivity index (χ3v) is 6.93. The molecular weight excluding hydrogens is 444 g/mol. The first-order valence-corrected chi connectivity index (χ1v) is 12.8. The minimum atomic E-state index is -3.71. The Hall–Kier alpha value is -2.97. The second kappa shape index (κ2) is 10.6. The van der Waals surface area contributed by atoms with Crippen LogP contribution < -0.4 is 14.4 Å². The normalized spacial score (nSPS) is 12.1. The maximum Gasteiger partial charge on any atom is 0.248 e. The van der Waals surface area contributed by atoms with Crippen molar-refractivity contribution >= 4 is 39.1 Å². The number of nitrogens with zero attached hydrogens (tertiary/aromatic N) is 1. The van der Waals surface area contributed by atoms with E-state index in [9.17, 15) is 13.2 Å². The Morgan fingerprint density at radius 3 is 2.25 bits per heavy atom. The number of hydrogen-bond acceptors (Lipinski definition) is 5. The molecule has 0 saturated carbocycles. The van der Waals surface area contributed by atoms with Gasteiger partial charge in [-0.15, -0.1) is 0 Å². The van der Waals surface area contributed by atoms with Crippen LogP contribution in [0.15, 0.2) is 88.7 Å². The van der Waals surface area contributed by atoms with E-state index in [0.717, 1.165) is 20.4 Å². The maximum absolute atomic E-state index is 13.1. The Kier molecular flexibility index (Phi) is 7.82. The van der Waals surface area contributed by atoms with Gasteiger partial charge in [0.1, 0.15) is 11.8 Å². The highest BCUT2D eigenvalue weighted by Gasteiger charge is 2.29. The van der Waals surface area contributed by atoms with E-state index in [1.807, 2.05) is 55.5 Å². The smallest absolute Gasteiger partial charge is 0.248 e. The lowest BCUT2D eigenvalue weighted by Gasteiger charge is -2.28. The molecule has 0 fully saturated rings. The molecule has 0 aliphatic heterocycles. The lowest BCUT2D eigenvalue weighted by atomic mass is 10.2. The number of ether oxygens (including phenoxy) is 1. The van der Waals surface area contributed by atoms with Crippen molar-refractivity contribution in [2.24, 2.45) is 0 Å². The van der Waals surface area contributed by atoms with Crippen LogP contribution in [0.2, 0.25) is 0 Å². The highest BCUT2D eigenvalue weighted by Crippen LogP contribution is 2.33. The lowest BCUT2D eigenvalue weighted by molar-refractivity contribution is -0.116. The quantitative estimate of drug-likeness (QED) is 0.475. The summed E-state index contributed by atoms with van der Waals surface area (Å²) in [5, 5.41) is 2.89. The molecule has 0 heterocycles. The fourth-order valence-corrected chi connectivity index (χ4v) is 5.27. The van der Waals surface area contributed by atoms with Crippen LogP contribution in [0.5, 0.6) is 5.75 Å². The van der Waals surface area contributed by atoms with Gasteiger partial charge >= 0.3 is 0 Å². The number of carbonyl (C=O) groups is 1. The van der Waals surface area contributed by atoms with Gasteiger partial charge in [-0.25, -0.2) is 8.42 Å². The van der Waals surface area contributed by atoms with Crippen molar-refractivity contribution in [3.63, 3.8) is 0 Å². The number of anilines is 2. The molecule has 1 atom stereocenters. The molecule has 1 N–H and O–H groups in total. The second-order valence-corrected chi connectivity index (χ2v) is 10.0. The van der Waals surface area contributed by atoms with Gasteiger partial charge in [0.05, 0.1) is 24.2 Å². The van der Waals surface area contributed by atoms with E-state index < -0.39 is 22.0 Å². The molecule has 6 nitrogen and oxygen atoms in total. The fraction of sp³-hybridized carbons (Fsp3) is 0.208. The topological polar surface area (TPSA) is 75.7 Å². The zero-order valence-electron chi connectivity index (χ0n) is 18.2. The highest BCUT2D eigenvalue weighted by atomic mass is 32.2. The number of rotatable bonds is 9. The minimum absolute atomic E-state index is 0.394. The number of nitrogens with one attached hydrogen (secondary N) is 1. The van der Waals surface area contributed by atoms with Crippen LogP contribution in [0.4, 0.5) is 11.4 Å². The lowest BCUT2D eigenvalue weighted by Crippen LogP contribution is -2.45. The number of benzene rings is 3. The monoisotopic (exact) mass is 470 g/mol. The summed E-state index contributed by atoms with van der Waals surface area (Å²) in [7, 11) is -3.71. The first kappa shape index (κ1) is 23.7. The number of sulfonamides is 1. The Morgan fingerprint density at radius 2 is 1.62 bits per heavy atom. The van der Waals surface area contributed by atoms with Crippen molar-refractivity contribution in [1.82, 2.24) is 0 Å². The summed E-state index contributed by atoms with van der Waals surface area (Å²) in [4.78, 5) is 15.0. The van der Waals surface area contributed by atoms with Gasteiger partial charge in [-0.3, -0.25) is 9.10 Å². The zero-order valence-corrected chi connectivity index (χ0v) is 19.8. The standard InChI is InChI=1S/C24H26N2O4S2/c1-4-30-20-16-14-19(15-17-20)26(32(3,28)29)18(2)24(27)25-22-12-8-9-13-23(22)31-21-10-6-5-7-11-21/h5-18H,4H2,1-3H3,(H,25,27)/t18-/m1/s1. The first-order valence-electron chi connectivity index (χ1n) is 10.1. The number of carbonyl (C=O) groups excluding carboxylic acids is 1. The number of amides is 1. The molecule has 0 saturated heterocycles. The largest absolute Gasteiger partial charge is 0.494 e. The first-order chi connectivity index (χ1) is 15.3. The van der Waals surface area contributed by atoms with E-state index in [1.54, 1.807) is 37.3 Å². The van der Waals surface area contributed by atoms with Crippen LogP contribution >= 0.6 is 11.8 Å². The average molecular weight is 471 g/mol. The molecule has 168 valence electrons. The fourth-order valence-electron chi connectivity index (χ4n) is 3.18. The molecule has 8 heteroatoms. The molecule has 0 spiro atoms. The van der Waals surface area contributed by atoms with Crippen molar-refractivity contribution in [1.29, 1.82) is 0 Å². The van der Waals surface area contributed by atoms with Crippen molar-refractivity contribution in [2.75, 3.05) is 22.5 Å². The van der Waals surface area contributed by atoms with Gasteiger partial charge in [0.2, 0.25) is 15.9 Å². The van der Waals surface area contributed by atoms with E-state index in [-0.39, 0.29) is 0 Å². The van der Waals surface area contributed by atoms with Gasteiger partial charge in [0.15, 0.2) is 0 Å². The van der Waals surface area contributed by atoms with E-state index >= 15 is 0 Å². The molecule has 3 rings (SSSR count). The third kappa shape index (κ3) is 6.05. The SMILES string of the molecule is CCOc1ccc(N([C@H](C)C(=O)Nc2ccccc2Sc2ccccc2)S(C)(=O)=O)cc1. The Balaban J connectivity index is 1.83. The van der Waals surface area contributed by atoms with Gasteiger partial charge in [-0.2, -0.15) is 0 Å². The minimum Gasteiger partial charge on any atom is -0.494 e. The predicted molar refractivity (Wildman–Crippen MR) is 130 cm³/mol. The van der Waals surface area contributed by atoms with Gasteiger partial charge in [-0.05, 0) is 62.4 Å². The van der Waals surface area contributed by atoms with Crippen LogP contribution in [0.1, 0.15) is 13.8 Å². The van der Waals surface area contributed by atoms with E-state index in [2.05, 4.69) is 5.32 Å². The van der Waals surface area contributed by atoms with Gasteiger partial charge < -0.3 is 10.1 Å².